The molecule has 4 nitrogen and oxygen atoms in total. The number of ether oxygens (including phenoxy) is 1. The predicted octanol–water partition coefficient (Wildman–Crippen LogP) is 4.96. The number of rotatable bonds is 19. The first-order valence-corrected chi connectivity index (χ1v) is 14.1. The van der Waals surface area contributed by atoms with Gasteiger partial charge < -0.3 is 34.0 Å². The molecule has 1 heterocycles. The first-order chi connectivity index (χ1) is 17.1. The van der Waals surface area contributed by atoms with Crippen molar-refractivity contribution in [3.05, 3.63) is 58.9 Å². The minimum absolute atomic E-state index is 0. The van der Waals surface area contributed by atoms with Gasteiger partial charge in [0.25, 0.3) is 5.91 Å². The Morgan fingerprint density at radius 1 is 0.833 bits per heavy atom. The molecule has 0 bridgehead atoms. The van der Waals surface area contributed by atoms with Crippen LogP contribution in [0, 0.1) is 0 Å². The Morgan fingerprint density at radius 3 is 1.89 bits per heavy atom. The summed E-state index contributed by atoms with van der Waals surface area (Å²) in [5, 5.41) is 3.34. The maximum Gasteiger partial charge on any atom is 0.253 e. The summed E-state index contributed by atoms with van der Waals surface area (Å²) < 4.78 is 7.81. The lowest BCUT2D eigenvalue weighted by molar-refractivity contribution is -0.671. The summed E-state index contributed by atoms with van der Waals surface area (Å²) >= 11 is 6.35. The molecule has 1 amide bonds. The Bertz CT molecular complexity index is 845. The molecule has 2 rings (SSSR count). The van der Waals surface area contributed by atoms with Crippen molar-refractivity contribution in [3.8, 4) is 5.75 Å². The summed E-state index contributed by atoms with van der Waals surface area (Å²) in [5.41, 5.74) is 1.51. The zero-order valence-electron chi connectivity index (χ0n) is 22.4. The van der Waals surface area contributed by atoms with Gasteiger partial charge in [-0.05, 0) is 30.2 Å². The van der Waals surface area contributed by atoms with Crippen LogP contribution in [0.3, 0.4) is 0 Å². The van der Waals surface area contributed by atoms with Crippen LogP contribution in [0.15, 0.2) is 42.7 Å². The van der Waals surface area contributed by atoms with E-state index in [4.69, 9.17) is 16.3 Å². The zero-order valence-corrected chi connectivity index (χ0v) is 25.3. The van der Waals surface area contributed by atoms with Crippen LogP contribution in [0.1, 0.15) is 113 Å². The lowest BCUT2D eigenvalue weighted by Gasteiger charge is -2.10. The number of aromatic nitrogens is 1. The van der Waals surface area contributed by atoms with Gasteiger partial charge in [0.05, 0.1) is 17.2 Å². The number of pyridine rings is 1. The van der Waals surface area contributed by atoms with E-state index in [9.17, 15) is 4.79 Å². The molecule has 0 unspecified atom stereocenters. The van der Waals surface area contributed by atoms with Gasteiger partial charge in [0.1, 0.15) is 12.8 Å². The molecular weight excluding hydrogens is 583 g/mol. The monoisotopic (exact) mass is 628 g/mol. The topological polar surface area (TPSA) is 42.2 Å². The lowest BCUT2D eigenvalue weighted by Crippen LogP contribution is -3.00. The number of carbonyl (C=O) groups is 1. The SMILES string of the molecule is CCCCCCCCCCCCCCCCOc1ccc(C(=O)NCc2cc[n+](C)cc2)c(Cl)c1.[I-]. The third kappa shape index (κ3) is 14.4. The second-order valence-corrected chi connectivity index (χ2v) is 10.0. The molecule has 0 aliphatic rings. The van der Waals surface area contributed by atoms with Gasteiger partial charge in [-0.25, -0.2) is 4.57 Å². The summed E-state index contributed by atoms with van der Waals surface area (Å²) in [4.78, 5) is 12.5. The number of halogens is 2. The second kappa shape index (κ2) is 20.7. The van der Waals surface area contributed by atoms with E-state index in [1.165, 1.54) is 83.5 Å². The van der Waals surface area contributed by atoms with Crippen LogP contribution in [0.2, 0.25) is 5.02 Å². The number of carbonyl (C=O) groups excluding carboxylic acids is 1. The van der Waals surface area contributed by atoms with Crippen molar-refractivity contribution >= 4 is 17.5 Å². The van der Waals surface area contributed by atoms with Crippen molar-refractivity contribution in [2.75, 3.05) is 6.61 Å². The van der Waals surface area contributed by atoms with Crippen molar-refractivity contribution in [2.24, 2.45) is 7.05 Å². The number of benzene rings is 1. The fraction of sp³-hybridized carbons (Fsp3) is 0.600. The highest BCUT2D eigenvalue weighted by Crippen LogP contribution is 2.23. The van der Waals surface area contributed by atoms with E-state index in [0.717, 1.165) is 17.7 Å². The Balaban J connectivity index is 0.00000648. The first-order valence-electron chi connectivity index (χ1n) is 13.7. The van der Waals surface area contributed by atoms with Gasteiger partial charge in [-0.3, -0.25) is 4.79 Å². The highest BCUT2D eigenvalue weighted by molar-refractivity contribution is 6.34. The summed E-state index contributed by atoms with van der Waals surface area (Å²) in [5.74, 6) is 0.540. The number of hydrogen-bond acceptors (Lipinski definition) is 2. The first kappa shape index (κ1) is 32.7. The van der Waals surface area contributed by atoms with Crippen LogP contribution in [0.5, 0.6) is 5.75 Å². The van der Waals surface area contributed by atoms with Gasteiger partial charge >= 0.3 is 0 Å². The molecule has 0 radical (unpaired) electrons. The average molecular weight is 629 g/mol. The third-order valence-electron chi connectivity index (χ3n) is 6.45. The quantitative estimate of drug-likeness (QED) is 0.136. The summed E-state index contributed by atoms with van der Waals surface area (Å²) in [6, 6.07) is 9.27. The van der Waals surface area contributed by atoms with Gasteiger partial charge in [-0.15, -0.1) is 0 Å². The number of aryl methyl sites for hydroxylation is 1. The van der Waals surface area contributed by atoms with Crippen molar-refractivity contribution < 1.29 is 38.1 Å². The molecule has 0 aliphatic heterocycles. The number of nitrogens with one attached hydrogen (secondary N) is 1. The van der Waals surface area contributed by atoms with Crippen molar-refractivity contribution in [2.45, 2.75) is 103 Å². The molecule has 0 aliphatic carbocycles. The predicted molar refractivity (Wildman–Crippen MR) is 146 cm³/mol. The van der Waals surface area contributed by atoms with E-state index in [0.29, 0.717) is 23.7 Å². The molecular formula is C30H46ClIN2O2. The van der Waals surface area contributed by atoms with Gasteiger partial charge in [0.15, 0.2) is 12.4 Å². The molecule has 0 fully saturated rings. The second-order valence-electron chi connectivity index (χ2n) is 9.64. The van der Waals surface area contributed by atoms with Gasteiger partial charge in [-0.1, -0.05) is 102 Å². The molecule has 202 valence electrons. The van der Waals surface area contributed by atoms with Crippen LogP contribution in [0.4, 0.5) is 0 Å². The van der Waals surface area contributed by atoms with Crippen LogP contribution in [-0.4, -0.2) is 12.5 Å². The summed E-state index contributed by atoms with van der Waals surface area (Å²) in [6.45, 7) is 3.43. The van der Waals surface area contributed by atoms with Crippen molar-refractivity contribution in [1.82, 2.24) is 5.32 Å². The summed E-state index contributed by atoms with van der Waals surface area (Å²) in [6.07, 6.45) is 22.7. The van der Waals surface area contributed by atoms with Crippen LogP contribution in [0.25, 0.3) is 0 Å². The maximum absolute atomic E-state index is 12.5. The fourth-order valence-electron chi connectivity index (χ4n) is 4.18. The summed E-state index contributed by atoms with van der Waals surface area (Å²) in [7, 11) is 1.96. The van der Waals surface area contributed by atoms with E-state index in [1.54, 1.807) is 12.1 Å². The molecule has 0 atom stereocenters. The Labute approximate surface area is 241 Å². The van der Waals surface area contributed by atoms with E-state index in [-0.39, 0.29) is 29.9 Å². The molecule has 1 aromatic heterocycles. The Kier molecular flexibility index (Phi) is 18.8. The molecule has 1 N–H and O–H groups in total. The number of hydrogen-bond donors (Lipinski definition) is 1. The van der Waals surface area contributed by atoms with Crippen molar-refractivity contribution in [3.63, 3.8) is 0 Å². The molecule has 36 heavy (non-hydrogen) atoms. The lowest BCUT2D eigenvalue weighted by atomic mass is 10.0. The standard InChI is InChI=1S/C30H45ClN2O2.HI/c1-3-4-5-6-7-8-9-10-11-12-13-14-15-16-23-35-27-17-18-28(29(31)24-27)30(34)32-25-26-19-21-33(2)22-20-26;/h17-22,24H,3-16,23,25H2,1-2H3;1H. The fourth-order valence-corrected chi connectivity index (χ4v) is 4.44. The van der Waals surface area contributed by atoms with Crippen LogP contribution in [-0.2, 0) is 13.6 Å². The molecule has 1 aromatic carbocycles. The van der Waals surface area contributed by atoms with Gasteiger partial charge in [0, 0.05) is 18.7 Å². The highest BCUT2D eigenvalue weighted by Gasteiger charge is 2.11. The van der Waals surface area contributed by atoms with Crippen molar-refractivity contribution in [1.29, 1.82) is 0 Å². The van der Waals surface area contributed by atoms with E-state index in [1.807, 2.05) is 42.2 Å². The van der Waals surface area contributed by atoms with E-state index < -0.39 is 0 Å². The largest absolute Gasteiger partial charge is 1.00 e. The van der Waals surface area contributed by atoms with Crippen LogP contribution >= 0.6 is 11.6 Å². The normalized spacial score (nSPS) is 10.6. The maximum atomic E-state index is 12.5. The Hall–Kier alpha value is -1.34. The molecule has 0 saturated carbocycles. The molecule has 2 aromatic rings. The van der Waals surface area contributed by atoms with E-state index >= 15 is 0 Å². The zero-order chi connectivity index (χ0) is 25.1. The van der Waals surface area contributed by atoms with Gasteiger partial charge in [-0.2, -0.15) is 0 Å². The van der Waals surface area contributed by atoms with Gasteiger partial charge in [0.2, 0.25) is 0 Å². The number of nitrogens with zero attached hydrogens (tertiary/aromatic N) is 1. The van der Waals surface area contributed by atoms with Crippen LogP contribution < -0.4 is 38.6 Å². The minimum Gasteiger partial charge on any atom is -1.00 e. The van der Waals surface area contributed by atoms with E-state index in [2.05, 4.69) is 12.2 Å². The minimum atomic E-state index is -0.179. The highest BCUT2D eigenvalue weighted by atomic mass is 127. The smallest absolute Gasteiger partial charge is 0.253 e. The number of unbranched alkanes of at least 4 members (excludes halogenated alkanes) is 13. The third-order valence-corrected chi connectivity index (χ3v) is 6.77. The Morgan fingerprint density at radius 2 is 1.36 bits per heavy atom. The average Bonchev–Trinajstić information content (AvgIpc) is 2.86. The molecule has 6 heteroatoms. The number of amides is 1. The molecule has 0 saturated heterocycles. The molecule has 0 spiro atoms.